The fourth-order valence-electron chi connectivity index (χ4n) is 1.42. The molecular weight excluding hydrogens is 162 g/mol. The van der Waals surface area contributed by atoms with Crippen LogP contribution in [0.25, 0.3) is 0 Å². The third-order valence-corrected chi connectivity index (χ3v) is 2.22. The van der Waals surface area contributed by atoms with Crippen molar-refractivity contribution in [1.29, 1.82) is 0 Å². The Morgan fingerprint density at radius 2 is 1.62 bits per heavy atom. The van der Waals surface area contributed by atoms with E-state index >= 15 is 0 Å². The first-order valence-electron chi connectivity index (χ1n) is 5.24. The van der Waals surface area contributed by atoms with Crippen LogP contribution in [-0.2, 0) is 0 Å². The third-order valence-electron chi connectivity index (χ3n) is 2.22. The summed E-state index contributed by atoms with van der Waals surface area (Å²) in [6, 6.07) is 0. The van der Waals surface area contributed by atoms with Crippen LogP contribution in [0, 0.1) is 0 Å². The number of rotatable bonds is 6. The van der Waals surface area contributed by atoms with Gasteiger partial charge in [-0.25, -0.2) is 0 Å². The monoisotopic (exact) mass is 187 g/mol. The summed E-state index contributed by atoms with van der Waals surface area (Å²) < 4.78 is 0. The van der Waals surface area contributed by atoms with Gasteiger partial charge in [-0.05, 0) is 47.1 Å². The fraction of sp³-hybridized carbons (Fsp3) is 1.00. The lowest BCUT2D eigenvalue weighted by Crippen LogP contribution is -2.41. The average molecular weight is 187 g/mol. The van der Waals surface area contributed by atoms with E-state index in [-0.39, 0.29) is 5.54 Å². The number of hydrogen-bond donors (Lipinski definition) is 2. The summed E-state index contributed by atoms with van der Waals surface area (Å²) in [6.07, 6.45) is 3.18. The third kappa shape index (κ3) is 8.26. The molecular formula is C11H25NO. The topological polar surface area (TPSA) is 32.3 Å². The highest BCUT2D eigenvalue weighted by Crippen LogP contribution is 2.12. The van der Waals surface area contributed by atoms with Gasteiger partial charge in [-0.3, -0.25) is 0 Å². The van der Waals surface area contributed by atoms with Gasteiger partial charge in [0, 0.05) is 5.54 Å². The number of aliphatic hydroxyl groups is 1. The summed E-state index contributed by atoms with van der Waals surface area (Å²) in [4.78, 5) is 0. The minimum absolute atomic E-state index is 0.208. The quantitative estimate of drug-likeness (QED) is 0.669. The Kier molecular flexibility index (Phi) is 4.93. The standard InChI is InChI=1S/C11H25NO/c1-6-7-10(2,3)12-9-8-11(4,5)13/h12-13H,6-9H2,1-5H3. The van der Waals surface area contributed by atoms with Gasteiger partial charge in [0.1, 0.15) is 0 Å². The van der Waals surface area contributed by atoms with Crippen molar-refractivity contribution in [2.75, 3.05) is 6.54 Å². The maximum absolute atomic E-state index is 9.50. The number of hydrogen-bond acceptors (Lipinski definition) is 2. The lowest BCUT2D eigenvalue weighted by atomic mass is 9.98. The van der Waals surface area contributed by atoms with Gasteiger partial charge in [0.25, 0.3) is 0 Å². The van der Waals surface area contributed by atoms with Crippen LogP contribution in [0.15, 0.2) is 0 Å². The largest absolute Gasteiger partial charge is 0.390 e. The molecule has 0 saturated carbocycles. The lowest BCUT2D eigenvalue weighted by Gasteiger charge is -2.27. The molecule has 0 fully saturated rings. The molecule has 13 heavy (non-hydrogen) atoms. The molecule has 0 rings (SSSR count). The number of nitrogens with one attached hydrogen (secondary N) is 1. The van der Waals surface area contributed by atoms with Crippen molar-refractivity contribution >= 4 is 0 Å². The summed E-state index contributed by atoms with van der Waals surface area (Å²) in [5.41, 5.74) is -0.338. The Hall–Kier alpha value is -0.0800. The van der Waals surface area contributed by atoms with Crippen molar-refractivity contribution in [3.63, 3.8) is 0 Å². The summed E-state index contributed by atoms with van der Waals surface area (Å²) in [6.45, 7) is 11.2. The van der Waals surface area contributed by atoms with Crippen LogP contribution in [0.2, 0.25) is 0 Å². The maximum Gasteiger partial charge on any atom is 0.0603 e. The predicted octanol–water partition coefficient (Wildman–Crippen LogP) is 2.32. The van der Waals surface area contributed by atoms with Gasteiger partial charge in [-0.1, -0.05) is 13.3 Å². The average Bonchev–Trinajstić information content (AvgIpc) is 1.82. The Balaban J connectivity index is 3.63. The fourth-order valence-corrected chi connectivity index (χ4v) is 1.42. The van der Waals surface area contributed by atoms with Gasteiger partial charge in [0.2, 0.25) is 0 Å². The summed E-state index contributed by atoms with van der Waals surface area (Å²) in [5, 5.41) is 13.0. The lowest BCUT2D eigenvalue weighted by molar-refractivity contribution is 0.0688. The Morgan fingerprint density at radius 3 is 2.00 bits per heavy atom. The van der Waals surface area contributed by atoms with Crippen molar-refractivity contribution in [2.45, 2.75) is 65.0 Å². The van der Waals surface area contributed by atoms with Crippen molar-refractivity contribution in [3.8, 4) is 0 Å². The normalized spacial score (nSPS) is 13.4. The van der Waals surface area contributed by atoms with Gasteiger partial charge in [-0.2, -0.15) is 0 Å². The van der Waals surface area contributed by atoms with E-state index in [9.17, 15) is 5.11 Å². The highest BCUT2D eigenvalue weighted by atomic mass is 16.3. The SMILES string of the molecule is CCCC(C)(C)NCCC(C)(C)O. The first-order valence-corrected chi connectivity index (χ1v) is 5.24. The van der Waals surface area contributed by atoms with Gasteiger partial charge < -0.3 is 10.4 Å². The Morgan fingerprint density at radius 1 is 1.08 bits per heavy atom. The second-order valence-electron chi connectivity index (χ2n) is 5.12. The molecule has 0 aromatic heterocycles. The smallest absolute Gasteiger partial charge is 0.0603 e. The second-order valence-corrected chi connectivity index (χ2v) is 5.12. The molecule has 2 nitrogen and oxygen atoms in total. The molecule has 0 aliphatic rings. The molecule has 0 spiro atoms. The van der Waals surface area contributed by atoms with Gasteiger partial charge >= 0.3 is 0 Å². The molecule has 0 aliphatic heterocycles. The van der Waals surface area contributed by atoms with E-state index < -0.39 is 5.60 Å². The van der Waals surface area contributed by atoms with E-state index in [0.717, 1.165) is 13.0 Å². The van der Waals surface area contributed by atoms with Gasteiger partial charge in [0.05, 0.1) is 5.60 Å². The molecule has 0 radical (unpaired) electrons. The van der Waals surface area contributed by atoms with Crippen LogP contribution in [0.3, 0.4) is 0 Å². The van der Waals surface area contributed by atoms with Crippen molar-refractivity contribution < 1.29 is 5.11 Å². The molecule has 0 atom stereocenters. The molecule has 0 unspecified atom stereocenters. The second kappa shape index (κ2) is 4.97. The Labute approximate surface area is 82.7 Å². The van der Waals surface area contributed by atoms with Crippen molar-refractivity contribution in [3.05, 3.63) is 0 Å². The van der Waals surface area contributed by atoms with Gasteiger partial charge in [-0.15, -0.1) is 0 Å². The summed E-state index contributed by atoms with van der Waals surface area (Å²) in [5.74, 6) is 0. The predicted molar refractivity (Wildman–Crippen MR) is 57.9 cm³/mol. The van der Waals surface area contributed by atoms with Crippen molar-refractivity contribution in [1.82, 2.24) is 5.32 Å². The minimum Gasteiger partial charge on any atom is -0.390 e. The van der Waals surface area contributed by atoms with E-state index in [1.54, 1.807) is 0 Å². The van der Waals surface area contributed by atoms with Crippen LogP contribution in [0.4, 0.5) is 0 Å². The maximum atomic E-state index is 9.50. The molecule has 0 aliphatic carbocycles. The summed E-state index contributed by atoms with van der Waals surface area (Å²) in [7, 11) is 0. The molecule has 0 aromatic rings. The van der Waals surface area contributed by atoms with Crippen LogP contribution >= 0.6 is 0 Å². The van der Waals surface area contributed by atoms with Crippen LogP contribution in [0.5, 0.6) is 0 Å². The zero-order chi connectivity index (χ0) is 10.5. The van der Waals surface area contributed by atoms with E-state index in [4.69, 9.17) is 0 Å². The van der Waals surface area contributed by atoms with Crippen molar-refractivity contribution in [2.24, 2.45) is 0 Å². The van der Waals surface area contributed by atoms with Crippen LogP contribution in [-0.4, -0.2) is 22.8 Å². The Bertz CT molecular complexity index is 136. The van der Waals surface area contributed by atoms with E-state index in [2.05, 4.69) is 26.1 Å². The minimum atomic E-state index is -0.546. The first kappa shape index (κ1) is 12.9. The van der Waals surface area contributed by atoms with E-state index in [0.29, 0.717) is 0 Å². The molecule has 0 bridgehead atoms. The molecule has 0 amide bonds. The molecule has 80 valence electrons. The highest BCUT2D eigenvalue weighted by Gasteiger charge is 2.17. The van der Waals surface area contributed by atoms with Gasteiger partial charge in [0.15, 0.2) is 0 Å². The zero-order valence-corrected chi connectivity index (χ0v) is 9.78. The molecule has 0 aromatic carbocycles. The first-order chi connectivity index (χ1) is 5.77. The molecule has 2 N–H and O–H groups in total. The van der Waals surface area contributed by atoms with E-state index in [1.165, 1.54) is 12.8 Å². The molecule has 0 heterocycles. The van der Waals surface area contributed by atoms with Crippen LogP contribution < -0.4 is 5.32 Å². The highest BCUT2D eigenvalue weighted by molar-refractivity contribution is 4.78. The molecule has 0 saturated heterocycles. The summed E-state index contributed by atoms with van der Waals surface area (Å²) >= 11 is 0. The van der Waals surface area contributed by atoms with Crippen LogP contribution in [0.1, 0.15) is 53.9 Å². The van der Waals surface area contributed by atoms with E-state index in [1.807, 2.05) is 13.8 Å². The zero-order valence-electron chi connectivity index (χ0n) is 9.78. The molecule has 2 heteroatoms.